The van der Waals surface area contributed by atoms with Gasteiger partial charge in [-0.15, -0.1) is 0 Å². The van der Waals surface area contributed by atoms with Gasteiger partial charge in [-0.1, -0.05) is 60.2 Å². The van der Waals surface area contributed by atoms with E-state index >= 15 is 0 Å². The number of rotatable bonds is 3. The zero-order valence-electron chi connectivity index (χ0n) is 12.5. The number of β-amino-alcohol motifs (C(OH)–C–C–N with tert-alkyl or cyclic N) is 1. The lowest BCUT2D eigenvalue weighted by Crippen LogP contribution is -2.61. The van der Waals surface area contributed by atoms with E-state index in [9.17, 15) is 9.90 Å². The van der Waals surface area contributed by atoms with Gasteiger partial charge in [0.25, 0.3) is 0 Å². The summed E-state index contributed by atoms with van der Waals surface area (Å²) in [4.78, 5) is 13.5. The Morgan fingerprint density at radius 3 is 2.59 bits per heavy atom. The number of amides is 1. The summed E-state index contributed by atoms with van der Waals surface area (Å²) in [7, 11) is 0. The largest absolute Gasteiger partial charge is 0.445 e. The van der Waals surface area contributed by atoms with Crippen LogP contribution in [-0.4, -0.2) is 29.2 Å². The summed E-state index contributed by atoms with van der Waals surface area (Å²) >= 11 is 0. The summed E-state index contributed by atoms with van der Waals surface area (Å²) in [5, 5.41) is 10.6. The molecule has 0 unspecified atom stereocenters. The van der Waals surface area contributed by atoms with E-state index in [-0.39, 0.29) is 25.8 Å². The second-order valence-electron chi connectivity index (χ2n) is 5.80. The van der Waals surface area contributed by atoms with Crippen LogP contribution in [0.1, 0.15) is 16.7 Å². The predicted molar refractivity (Wildman–Crippen MR) is 83.3 cm³/mol. The van der Waals surface area contributed by atoms with Crippen molar-refractivity contribution in [1.82, 2.24) is 4.90 Å². The van der Waals surface area contributed by atoms with Crippen LogP contribution in [0.3, 0.4) is 0 Å². The number of carbonyl (C=O) groups excluding carboxylic acids is 1. The standard InChI is InChI=1S/C18H19NO3/c1-14-6-5-9-16(10-14)18(21)12-19(13-18)17(20)22-11-15-7-3-2-4-8-15/h2-10,21H,11-13H2,1H3. The predicted octanol–water partition coefficient (Wildman–Crippen LogP) is 2.84. The zero-order chi connectivity index (χ0) is 15.6. The highest BCUT2D eigenvalue weighted by Crippen LogP contribution is 2.32. The fourth-order valence-corrected chi connectivity index (χ4v) is 2.64. The highest BCUT2D eigenvalue weighted by Gasteiger charge is 2.45. The van der Waals surface area contributed by atoms with E-state index in [1.165, 1.54) is 4.90 Å². The smallest absolute Gasteiger partial charge is 0.410 e. The maximum absolute atomic E-state index is 12.0. The molecule has 0 atom stereocenters. The summed E-state index contributed by atoms with van der Waals surface area (Å²) in [6, 6.07) is 17.3. The van der Waals surface area contributed by atoms with Crippen LogP contribution in [0.4, 0.5) is 4.79 Å². The molecule has 22 heavy (non-hydrogen) atoms. The van der Waals surface area contributed by atoms with E-state index in [4.69, 9.17) is 4.74 Å². The summed E-state index contributed by atoms with van der Waals surface area (Å²) in [5.74, 6) is 0. The van der Waals surface area contributed by atoms with Gasteiger partial charge in [0.15, 0.2) is 0 Å². The Hall–Kier alpha value is -2.33. The van der Waals surface area contributed by atoms with Gasteiger partial charge < -0.3 is 14.7 Å². The third-order valence-electron chi connectivity index (χ3n) is 3.92. The van der Waals surface area contributed by atoms with Gasteiger partial charge in [-0.2, -0.15) is 0 Å². The molecule has 1 aliphatic rings. The number of hydrogen-bond donors (Lipinski definition) is 1. The first-order valence-corrected chi connectivity index (χ1v) is 7.32. The Balaban J connectivity index is 1.55. The number of hydrogen-bond acceptors (Lipinski definition) is 3. The highest BCUT2D eigenvalue weighted by molar-refractivity contribution is 5.69. The maximum Gasteiger partial charge on any atom is 0.410 e. The van der Waals surface area contributed by atoms with Crippen LogP contribution >= 0.6 is 0 Å². The third kappa shape index (κ3) is 2.97. The fraction of sp³-hybridized carbons (Fsp3) is 0.278. The first kappa shape index (κ1) is 14.6. The summed E-state index contributed by atoms with van der Waals surface area (Å²) in [5.41, 5.74) is 1.93. The van der Waals surface area contributed by atoms with Crippen LogP contribution in [0.25, 0.3) is 0 Å². The van der Waals surface area contributed by atoms with Crippen molar-refractivity contribution in [3.05, 3.63) is 71.3 Å². The van der Waals surface area contributed by atoms with Crippen LogP contribution in [0.2, 0.25) is 0 Å². The Morgan fingerprint density at radius 2 is 1.91 bits per heavy atom. The van der Waals surface area contributed by atoms with Gasteiger partial charge in [0, 0.05) is 0 Å². The topological polar surface area (TPSA) is 49.8 Å². The molecular weight excluding hydrogens is 278 g/mol. The second kappa shape index (κ2) is 5.81. The Bertz CT molecular complexity index is 663. The average Bonchev–Trinajstić information content (AvgIpc) is 2.50. The molecule has 2 aromatic carbocycles. The minimum Gasteiger partial charge on any atom is -0.445 e. The first-order chi connectivity index (χ1) is 10.6. The molecule has 1 saturated heterocycles. The van der Waals surface area contributed by atoms with Crippen molar-refractivity contribution in [2.45, 2.75) is 19.1 Å². The van der Waals surface area contributed by atoms with Crippen LogP contribution in [0.15, 0.2) is 54.6 Å². The molecule has 0 spiro atoms. The van der Waals surface area contributed by atoms with Crippen LogP contribution in [0.5, 0.6) is 0 Å². The molecule has 0 aliphatic carbocycles. The molecule has 114 valence electrons. The monoisotopic (exact) mass is 297 g/mol. The van der Waals surface area contributed by atoms with E-state index in [0.29, 0.717) is 0 Å². The second-order valence-corrected chi connectivity index (χ2v) is 5.80. The number of ether oxygens (including phenoxy) is 1. The molecule has 1 heterocycles. The normalized spacial score (nSPS) is 16.0. The number of aryl methyl sites for hydroxylation is 1. The number of benzene rings is 2. The van der Waals surface area contributed by atoms with Crippen molar-refractivity contribution in [3.63, 3.8) is 0 Å². The molecule has 0 radical (unpaired) electrons. The number of nitrogens with zero attached hydrogens (tertiary/aromatic N) is 1. The fourth-order valence-electron chi connectivity index (χ4n) is 2.64. The lowest BCUT2D eigenvalue weighted by atomic mass is 9.86. The molecule has 0 bridgehead atoms. The molecular formula is C18H19NO3. The summed E-state index contributed by atoms with van der Waals surface area (Å²) in [6.07, 6.45) is -0.388. The Morgan fingerprint density at radius 1 is 1.18 bits per heavy atom. The van der Waals surface area contributed by atoms with E-state index in [1.54, 1.807) is 0 Å². The lowest BCUT2D eigenvalue weighted by Gasteiger charge is -2.45. The van der Waals surface area contributed by atoms with Crippen molar-refractivity contribution >= 4 is 6.09 Å². The van der Waals surface area contributed by atoms with Crippen molar-refractivity contribution in [1.29, 1.82) is 0 Å². The van der Waals surface area contributed by atoms with Crippen molar-refractivity contribution in [3.8, 4) is 0 Å². The number of aliphatic hydroxyl groups is 1. The van der Waals surface area contributed by atoms with Crippen LogP contribution in [0, 0.1) is 6.92 Å². The van der Waals surface area contributed by atoms with Crippen molar-refractivity contribution in [2.24, 2.45) is 0 Å². The summed E-state index contributed by atoms with van der Waals surface area (Å²) in [6.45, 7) is 2.77. The number of likely N-dealkylation sites (tertiary alicyclic amines) is 1. The first-order valence-electron chi connectivity index (χ1n) is 7.32. The Kier molecular flexibility index (Phi) is 3.86. The molecule has 0 aromatic heterocycles. The van der Waals surface area contributed by atoms with Gasteiger partial charge >= 0.3 is 6.09 Å². The average molecular weight is 297 g/mol. The minimum absolute atomic E-state index is 0.249. The lowest BCUT2D eigenvalue weighted by molar-refractivity contribution is -0.0949. The van der Waals surface area contributed by atoms with Crippen LogP contribution < -0.4 is 0 Å². The summed E-state index contributed by atoms with van der Waals surface area (Å²) < 4.78 is 5.26. The quantitative estimate of drug-likeness (QED) is 0.947. The SMILES string of the molecule is Cc1cccc(C2(O)CN(C(=O)OCc3ccccc3)C2)c1. The van der Waals surface area contributed by atoms with E-state index in [2.05, 4.69) is 0 Å². The molecule has 0 saturated carbocycles. The van der Waals surface area contributed by atoms with Gasteiger partial charge in [0.05, 0.1) is 13.1 Å². The molecule has 4 nitrogen and oxygen atoms in total. The zero-order valence-corrected chi connectivity index (χ0v) is 12.5. The molecule has 2 aromatic rings. The molecule has 1 fully saturated rings. The molecule has 3 rings (SSSR count). The molecule has 1 N–H and O–H groups in total. The minimum atomic E-state index is -0.961. The van der Waals surface area contributed by atoms with Crippen LogP contribution in [-0.2, 0) is 16.9 Å². The maximum atomic E-state index is 12.0. The van der Waals surface area contributed by atoms with Crippen molar-refractivity contribution in [2.75, 3.05) is 13.1 Å². The van der Waals surface area contributed by atoms with Gasteiger partial charge in [-0.05, 0) is 18.1 Å². The van der Waals surface area contributed by atoms with Crippen molar-refractivity contribution < 1.29 is 14.6 Å². The van der Waals surface area contributed by atoms with Gasteiger partial charge in [0.1, 0.15) is 12.2 Å². The molecule has 4 heteroatoms. The number of carbonyl (C=O) groups is 1. The molecule has 1 aliphatic heterocycles. The van der Waals surface area contributed by atoms with Gasteiger partial charge in [0.2, 0.25) is 0 Å². The third-order valence-corrected chi connectivity index (χ3v) is 3.92. The van der Waals surface area contributed by atoms with E-state index in [1.807, 2.05) is 61.5 Å². The van der Waals surface area contributed by atoms with Gasteiger partial charge in [-0.25, -0.2) is 4.79 Å². The van der Waals surface area contributed by atoms with E-state index in [0.717, 1.165) is 16.7 Å². The molecule has 1 amide bonds. The van der Waals surface area contributed by atoms with E-state index < -0.39 is 5.60 Å². The highest BCUT2D eigenvalue weighted by atomic mass is 16.6. The van der Waals surface area contributed by atoms with Gasteiger partial charge in [-0.3, -0.25) is 0 Å². The Labute approximate surface area is 130 Å².